The first-order valence-electron chi connectivity index (χ1n) is 11.8. The van der Waals surface area contributed by atoms with Crippen LogP contribution < -0.4 is 11.1 Å². The summed E-state index contributed by atoms with van der Waals surface area (Å²) in [4.78, 5) is 36.3. The molecule has 0 saturated carbocycles. The largest absolute Gasteiger partial charge is 0.416 e. The third-order valence-corrected chi connectivity index (χ3v) is 7.47. The Balaban J connectivity index is 1.56. The maximum absolute atomic E-state index is 13.7. The van der Waals surface area contributed by atoms with Gasteiger partial charge in [0, 0.05) is 32.3 Å². The lowest BCUT2D eigenvalue weighted by molar-refractivity contribution is -0.138. The summed E-state index contributed by atoms with van der Waals surface area (Å²) in [5.41, 5.74) is -2.48. The lowest BCUT2D eigenvalue weighted by atomic mass is 9.96. The number of benzene rings is 4. The number of hydrogen-bond acceptors (Lipinski definition) is 4. The maximum Gasteiger partial charge on any atom is 0.416 e. The fraction of sp³-hybridized carbons (Fsp3) is 0.0714. The topological polar surface area (TPSA) is 68.7 Å². The predicted molar refractivity (Wildman–Crippen MR) is 136 cm³/mol. The average molecular weight is 548 g/mol. The number of aromatic nitrogens is 4. The van der Waals surface area contributed by atoms with E-state index in [0.29, 0.717) is 21.5 Å². The average Bonchev–Trinajstić information content (AvgIpc) is 3.48. The van der Waals surface area contributed by atoms with E-state index < -0.39 is 34.6 Å². The summed E-state index contributed by atoms with van der Waals surface area (Å²) in [5, 5.41) is 1.91. The van der Waals surface area contributed by atoms with Gasteiger partial charge in [-0.3, -0.25) is 18.4 Å². The van der Waals surface area contributed by atoms with Crippen molar-refractivity contribution in [2.24, 2.45) is 0 Å². The predicted octanol–water partition coefficient (Wildman–Crippen LogP) is 6.38. The van der Waals surface area contributed by atoms with Gasteiger partial charge in [0.2, 0.25) is 0 Å². The van der Waals surface area contributed by atoms with Gasteiger partial charge in [-0.2, -0.15) is 26.3 Å². The van der Waals surface area contributed by atoms with Gasteiger partial charge in [-0.25, -0.2) is 9.97 Å². The minimum atomic E-state index is -4.62. The summed E-state index contributed by atoms with van der Waals surface area (Å²) < 4.78 is 82.7. The van der Waals surface area contributed by atoms with Crippen molar-refractivity contribution in [2.45, 2.75) is 12.4 Å². The Labute approximate surface area is 216 Å². The molecule has 0 aliphatic carbocycles. The van der Waals surface area contributed by atoms with Crippen molar-refractivity contribution in [1.82, 2.24) is 18.8 Å². The molecule has 0 aliphatic rings. The molecule has 40 heavy (non-hydrogen) atoms. The fourth-order valence-corrected chi connectivity index (χ4v) is 5.74. The molecule has 8 aromatic rings. The van der Waals surface area contributed by atoms with Gasteiger partial charge in [-0.15, -0.1) is 0 Å². The Morgan fingerprint density at radius 2 is 0.900 bits per heavy atom. The Hall–Kier alpha value is -5.00. The van der Waals surface area contributed by atoms with E-state index in [1.54, 1.807) is 12.1 Å². The SMILES string of the molecule is O=c1c2ccc3c4c(ccc(c24)c2nc4ccc(C(F)(F)F)cc4n12)c(=O)n1c2cc(C(F)(F)F)ccc2nc31. The van der Waals surface area contributed by atoms with Crippen LogP contribution in [0.25, 0.3) is 65.7 Å². The van der Waals surface area contributed by atoms with Crippen molar-refractivity contribution in [1.29, 1.82) is 0 Å². The first-order valence-corrected chi connectivity index (χ1v) is 11.8. The molecule has 12 heteroatoms. The highest BCUT2D eigenvalue weighted by atomic mass is 19.4. The van der Waals surface area contributed by atoms with E-state index in [0.717, 1.165) is 33.1 Å². The van der Waals surface area contributed by atoms with Crippen LogP contribution in [0.4, 0.5) is 26.3 Å². The van der Waals surface area contributed by atoms with Crippen molar-refractivity contribution in [3.05, 3.63) is 92.5 Å². The first-order chi connectivity index (χ1) is 18.9. The summed E-state index contributed by atoms with van der Waals surface area (Å²) >= 11 is 0. The summed E-state index contributed by atoms with van der Waals surface area (Å²) in [6.45, 7) is 0. The smallest absolute Gasteiger partial charge is 0.268 e. The summed E-state index contributed by atoms with van der Waals surface area (Å²) in [6, 6.07) is 12.0. The normalized spacial score (nSPS) is 13.4. The Kier molecular flexibility index (Phi) is 3.98. The number of alkyl halides is 6. The maximum atomic E-state index is 13.7. The number of rotatable bonds is 0. The van der Waals surface area contributed by atoms with Crippen molar-refractivity contribution < 1.29 is 26.3 Å². The van der Waals surface area contributed by atoms with E-state index in [1.165, 1.54) is 24.3 Å². The second-order valence-corrected chi connectivity index (χ2v) is 9.63. The lowest BCUT2D eigenvalue weighted by Gasteiger charge is -2.12. The molecule has 0 amide bonds. The molecule has 0 fully saturated rings. The van der Waals surface area contributed by atoms with Gasteiger partial charge >= 0.3 is 12.4 Å². The van der Waals surface area contributed by atoms with Crippen molar-refractivity contribution in [2.75, 3.05) is 0 Å². The third-order valence-electron chi connectivity index (χ3n) is 7.47. The molecule has 0 spiro atoms. The van der Waals surface area contributed by atoms with Gasteiger partial charge < -0.3 is 0 Å². The Morgan fingerprint density at radius 3 is 1.27 bits per heavy atom. The van der Waals surface area contributed by atoms with Crippen LogP contribution in [0.3, 0.4) is 0 Å². The molecule has 4 aromatic carbocycles. The fourth-order valence-electron chi connectivity index (χ4n) is 5.74. The Bertz CT molecular complexity index is 2330. The van der Waals surface area contributed by atoms with Gasteiger partial charge in [0.15, 0.2) is 0 Å². The molecule has 0 radical (unpaired) electrons. The minimum absolute atomic E-state index is 0.00721. The zero-order valence-electron chi connectivity index (χ0n) is 19.6. The molecular formula is C28H10F6N4O2. The van der Waals surface area contributed by atoms with E-state index in [-0.39, 0.29) is 44.1 Å². The third kappa shape index (κ3) is 2.74. The molecule has 0 atom stereocenters. The van der Waals surface area contributed by atoms with E-state index >= 15 is 0 Å². The van der Waals surface area contributed by atoms with Crippen LogP contribution in [0.5, 0.6) is 0 Å². The highest BCUT2D eigenvalue weighted by molar-refractivity contribution is 6.27. The van der Waals surface area contributed by atoms with Crippen LogP contribution in [0.2, 0.25) is 0 Å². The van der Waals surface area contributed by atoms with Crippen molar-refractivity contribution in [3.8, 4) is 0 Å². The molecule has 0 bridgehead atoms. The van der Waals surface area contributed by atoms with Crippen LogP contribution in [0.15, 0.2) is 70.3 Å². The highest BCUT2D eigenvalue weighted by Gasteiger charge is 2.32. The lowest BCUT2D eigenvalue weighted by Crippen LogP contribution is -2.16. The van der Waals surface area contributed by atoms with Crippen molar-refractivity contribution in [3.63, 3.8) is 0 Å². The molecule has 0 aliphatic heterocycles. The van der Waals surface area contributed by atoms with E-state index in [4.69, 9.17) is 0 Å². The molecule has 0 unspecified atom stereocenters. The van der Waals surface area contributed by atoms with Crippen LogP contribution in [0.1, 0.15) is 11.1 Å². The molecule has 8 rings (SSSR count). The number of hydrogen-bond donors (Lipinski definition) is 0. The van der Waals surface area contributed by atoms with E-state index in [2.05, 4.69) is 9.97 Å². The second-order valence-electron chi connectivity index (χ2n) is 9.63. The van der Waals surface area contributed by atoms with Gasteiger partial charge in [-0.1, -0.05) is 0 Å². The number of pyridine rings is 2. The Morgan fingerprint density at radius 1 is 0.525 bits per heavy atom. The number of fused-ring (bicyclic) bond motifs is 8. The van der Waals surface area contributed by atoms with Gasteiger partial charge in [-0.05, 0) is 60.7 Å². The highest BCUT2D eigenvalue weighted by Crippen LogP contribution is 2.38. The summed E-state index contributed by atoms with van der Waals surface area (Å²) in [7, 11) is 0. The zero-order chi connectivity index (χ0) is 27.9. The second kappa shape index (κ2) is 6.95. The van der Waals surface area contributed by atoms with Gasteiger partial charge in [0.1, 0.15) is 11.3 Å². The molecule has 0 N–H and O–H groups in total. The quantitative estimate of drug-likeness (QED) is 0.163. The number of nitrogens with zero attached hydrogens (tertiary/aromatic N) is 4. The molecule has 196 valence electrons. The van der Waals surface area contributed by atoms with Crippen LogP contribution in [-0.4, -0.2) is 18.8 Å². The van der Waals surface area contributed by atoms with Gasteiger partial charge in [0.25, 0.3) is 11.1 Å². The molecule has 6 nitrogen and oxygen atoms in total. The first kappa shape index (κ1) is 22.9. The van der Waals surface area contributed by atoms with E-state index in [1.807, 2.05) is 0 Å². The van der Waals surface area contributed by atoms with Crippen LogP contribution in [-0.2, 0) is 12.4 Å². The monoisotopic (exact) mass is 548 g/mol. The standard InChI is InChI=1S/C28H10F6N4O2/c29-27(30,31)11-1-7-17-19(9-11)37-23(35-17)13-3-5-16-22-14(4-6-15(21(13)22)25(37)39)24-36-18-8-2-12(28(32,33)34)10-20(18)38(24)26(16)40/h1-10H. The number of imidazole rings is 2. The van der Waals surface area contributed by atoms with Crippen LogP contribution >= 0.6 is 0 Å². The summed E-state index contributed by atoms with van der Waals surface area (Å²) in [5.74, 6) is 0. The van der Waals surface area contributed by atoms with Crippen LogP contribution in [0, 0.1) is 0 Å². The minimum Gasteiger partial charge on any atom is -0.268 e. The molecule has 4 aromatic heterocycles. The zero-order valence-corrected chi connectivity index (χ0v) is 19.6. The van der Waals surface area contributed by atoms with Crippen molar-refractivity contribution >= 4 is 65.7 Å². The number of halogens is 6. The molecular weight excluding hydrogens is 538 g/mol. The molecule has 4 heterocycles. The van der Waals surface area contributed by atoms with Gasteiger partial charge in [0.05, 0.1) is 33.2 Å². The molecule has 0 saturated heterocycles. The summed E-state index contributed by atoms with van der Waals surface area (Å²) in [6.07, 6.45) is -9.25. The van der Waals surface area contributed by atoms with E-state index in [9.17, 15) is 35.9 Å².